The number of hydrogen-bond donors (Lipinski definition) is 0. The fraction of sp³-hybridized carbons (Fsp3) is 0.273. The fourth-order valence-corrected chi connectivity index (χ4v) is 2.91. The molecule has 3 aromatic rings. The van der Waals surface area contributed by atoms with Gasteiger partial charge in [0.05, 0.1) is 6.61 Å². The van der Waals surface area contributed by atoms with Gasteiger partial charge in [0, 0.05) is 24.5 Å². The quantitative estimate of drug-likeness (QED) is 0.560. The maximum Gasteiger partial charge on any atom is 0.375 e. The van der Waals surface area contributed by atoms with Gasteiger partial charge in [0.25, 0.3) is 5.91 Å². The van der Waals surface area contributed by atoms with E-state index in [1.807, 2.05) is 6.92 Å². The maximum absolute atomic E-state index is 13.0. The van der Waals surface area contributed by atoms with Crippen molar-refractivity contribution in [2.24, 2.45) is 0 Å². The van der Waals surface area contributed by atoms with Gasteiger partial charge >= 0.3 is 5.97 Å². The topological polar surface area (TPSA) is 69.0 Å². The Labute approximate surface area is 167 Å². The van der Waals surface area contributed by atoms with Crippen LogP contribution in [-0.2, 0) is 16.1 Å². The molecule has 2 aromatic carbocycles. The summed E-state index contributed by atoms with van der Waals surface area (Å²) in [5.74, 6) is -0.689. The van der Waals surface area contributed by atoms with Crippen LogP contribution in [0, 0.1) is 12.7 Å². The minimum absolute atomic E-state index is 0.0580. The summed E-state index contributed by atoms with van der Waals surface area (Å²) >= 11 is 0. The molecule has 0 aliphatic carbocycles. The Morgan fingerprint density at radius 3 is 2.55 bits per heavy atom. The molecular weight excluding hydrogens is 377 g/mol. The van der Waals surface area contributed by atoms with Crippen molar-refractivity contribution in [1.82, 2.24) is 4.90 Å². The first kappa shape index (κ1) is 20.4. The molecule has 3 rings (SSSR count). The molecule has 0 bridgehead atoms. The Hall–Kier alpha value is -3.35. The molecule has 0 saturated heterocycles. The highest BCUT2D eigenvalue weighted by molar-refractivity contribution is 5.97. The number of nitrogens with zero attached hydrogens (tertiary/aromatic N) is 1. The van der Waals surface area contributed by atoms with Crippen molar-refractivity contribution >= 4 is 22.8 Å². The summed E-state index contributed by atoms with van der Waals surface area (Å²) in [7, 11) is 1.58. The van der Waals surface area contributed by atoms with Crippen molar-refractivity contribution in [3.05, 3.63) is 65.2 Å². The van der Waals surface area contributed by atoms with E-state index in [0.29, 0.717) is 23.5 Å². The number of carbonyl (C=O) groups is 2. The average Bonchev–Trinajstić information content (AvgIpc) is 3.04. The molecule has 0 fully saturated rings. The number of ether oxygens (including phenoxy) is 2. The van der Waals surface area contributed by atoms with Gasteiger partial charge in [-0.25, -0.2) is 9.18 Å². The Bertz CT molecular complexity index is 1030. The summed E-state index contributed by atoms with van der Waals surface area (Å²) in [5, 5.41) is 0.752. The number of carbonyl (C=O) groups excluding carboxylic acids is 2. The van der Waals surface area contributed by atoms with Crippen LogP contribution in [-0.4, -0.2) is 37.0 Å². The number of benzene rings is 2. The van der Waals surface area contributed by atoms with E-state index < -0.39 is 12.6 Å². The third-order valence-electron chi connectivity index (χ3n) is 4.49. The molecule has 1 aromatic heterocycles. The fourth-order valence-electron chi connectivity index (χ4n) is 2.91. The van der Waals surface area contributed by atoms with Crippen molar-refractivity contribution in [2.75, 3.05) is 20.3 Å². The molecule has 29 heavy (non-hydrogen) atoms. The molecule has 0 saturated carbocycles. The van der Waals surface area contributed by atoms with Gasteiger partial charge in [-0.2, -0.15) is 0 Å². The summed E-state index contributed by atoms with van der Waals surface area (Å²) in [4.78, 5) is 26.1. The van der Waals surface area contributed by atoms with E-state index in [-0.39, 0.29) is 24.0 Å². The van der Waals surface area contributed by atoms with E-state index in [1.54, 1.807) is 44.3 Å². The van der Waals surface area contributed by atoms with Crippen LogP contribution in [0.1, 0.15) is 28.6 Å². The van der Waals surface area contributed by atoms with E-state index in [9.17, 15) is 14.0 Å². The number of likely N-dealkylation sites (N-methyl/N-ethyl adjacent to an activating group) is 1. The lowest BCUT2D eigenvalue weighted by atomic mass is 10.1. The number of fused-ring (bicyclic) bond motifs is 1. The zero-order valence-corrected chi connectivity index (χ0v) is 16.5. The molecule has 1 heterocycles. The zero-order chi connectivity index (χ0) is 21.0. The predicted molar refractivity (Wildman–Crippen MR) is 105 cm³/mol. The van der Waals surface area contributed by atoms with Gasteiger partial charge in [-0.15, -0.1) is 0 Å². The first-order valence-electron chi connectivity index (χ1n) is 9.20. The second-order valence-electron chi connectivity index (χ2n) is 6.60. The van der Waals surface area contributed by atoms with Crippen molar-refractivity contribution in [2.45, 2.75) is 20.4 Å². The summed E-state index contributed by atoms with van der Waals surface area (Å²) in [6.45, 7) is 4.03. The molecule has 0 aliphatic rings. The lowest BCUT2D eigenvalue weighted by Gasteiger charge is -2.17. The number of hydrogen-bond acceptors (Lipinski definition) is 5. The van der Waals surface area contributed by atoms with Crippen LogP contribution in [0.2, 0.25) is 0 Å². The highest BCUT2D eigenvalue weighted by Gasteiger charge is 2.21. The number of aryl methyl sites for hydroxylation is 1. The predicted octanol–water partition coefficient (Wildman–Crippen LogP) is 4.09. The van der Waals surface area contributed by atoms with Gasteiger partial charge in [-0.05, 0) is 49.7 Å². The molecule has 0 unspecified atom stereocenters. The van der Waals surface area contributed by atoms with Crippen LogP contribution in [0.3, 0.4) is 0 Å². The lowest BCUT2D eigenvalue weighted by Crippen LogP contribution is -2.30. The van der Waals surface area contributed by atoms with Gasteiger partial charge in [-0.1, -0.05) is 12.1 Å². The SMILES string of the molecule is CCOc1ccc2oc(C(=O)OCC(=O)N(C)Cc3ccc(F)cc3)c(C)c2c1. The van der Waals surface area contributed by atoms with Crippen LogP contribution in [0.15, 0.2) is 46.9 Å². The average molecular weight is 399 g/mol. The molecule has 1 amide bonds. The largest absolute Gasteiger partial charge is 0.494 e. The Morgan fingerprint density at radius 1 is 1.14 bits per heavy atom. The summed E-state index contributed by atoms with van der Waals surface area (Å²) in [6.07, 6.45) is 0. The van der Waals surface area contributed by atoms with E-state index in [0.717, 1.165) is 10.9 Å². The normalized spacial score (nSPS) is 10.8. The van der Waals surface area contributed by atoms with Crippen molar-refractivity contribution in [1.29, 1.82) is 0 Å². The van der Waals surface area contributed by atoms with Crippen LogP contribution in [0.5, 0.6) is 5.75 Å². The second-order valence-corrected chi connectivity index (χ2v) is 6.60. The van der Waals surface area contributed by atoms with Crippen LogP contribution < -0.4 is 4.74 Å². The Morgan fingerprint density at radius 2 is 1.86 bits per heavy atom. The first-order chi connectivity index (χ1) is 13.9. The molecular formula is C22H22FNO5. The van der Waals surface area contributed by atoms with E-state index in [1.165, 1.54) is 17.0 Å². The Balaban J connectivity index is 1.63. The summed E-state index contributed by atoms with van der Waals surface area (Å²) < 4.78 is 29.2. The van der Waals surface area contributed by atoms with Crippen LogP contribution in [0.4, 0.5) is 4.39 Å². The van der Waals surface area contributed by atoms with Crippen LogP contribution >= 0.6 is 0 Å². The highest BCUT2D eigenvalue weighted by Crippen LogP contribution is 2.29. The molecule has 0 spiro atoms. The molecule has 0 N–H and O–H groups in total. The van der Waals surface area contributed by atoms with Gasteiger partial charge in [0.1, 0.15) is 17.1 Å². The standard InChI is InChI=1S/C22H22FNO5/c1-4-27-17-9-10-19-18(11-17)14(2)21(29-19)22(26)28-13-20(25)24(3)12-15-5-7-16(23)8-6-15/h5-11H,4,12-13H2,1-3H3. The van der Waals surface area contributed by atoms with Gasteiger partial charge in [-0.3, -0.25) is 4.79 Å². The van der Waals surface area contributed by atoms with E-state index in [2.05, 4.69) is 0 Å². The Kier molecular flexibility index (Phi) is 6.16. The molecule has 0 radical (unpaired) electrons. The molecule has 0 atom stereocenters. The minimum Gasteiger partial charge on any atom is -0.494 e. The van der Waals surface area contributed by atoms with E-state index >= 15 is 0 Å². The lowest BCUT2D eigenvalue weighted by molar-refractivity contribution is -0.133. The van der Waals surface area contributed by atoms with Crippen LogP contribution in [0.25, 0.3) is 11.0 Å². The molecule has 6 nitrogen and oxygen atoms in total. The number of furan rings is 1. The summed E-state index contributed by atoms with van der Waals surface area (Å²) in [6, 6.07) is 11.1. The number of amides is 1. The number of halogens is 1. The highest BCUT2D eigenvalue weighted by atomic mass is 19.1. The van der Waals surface area contributed by atoms with Crippen molar-refractivity contribution in [3.63, 3.8) is 0 Å². The van der Waals surface area contributed by atoms with E-state index in [4.69, 9.17) is 13.9 Å². The monoisotopic (exact) mass is 399 g/mol. The molecule has 7 heteroatoms. The van der Waals surface area contributed by atoms with Gasteiger partial charge < -0.3 is 18.8 Å². The second kappa shape index (κ2) is 8.77. The van der Waals surface area contributed by atoms with Gasteiger partial charge in [0.15, 0.2) is 6.61 Å². The van der Waals surface area contributed by atoms with Gasteiger partial charge in [0.2, 0.25) is 5.76 Å². The van der Waals surface area contributed by atoms with Crippen molar-refractivity contribution in [3.8, 4) is 5.75 Å². The smallest absolute Gasteiger partial charge is 0.375 e. The van der Waals surface area contributed by atoms with Crippen molar-refractivity contribution < 1.29 is 27.9 Å². The zero-order valence-electron chi connectivity index (χ0n) is 16.5. The third-order valence-corrected chi connectivity index (χ3v) is 4.49. The maximum atomic E-state index is 13.0. The minimum atomic E-state index is -0.708. The molecule has 152 valence electrons. The number of rotatable bonds is 7. The summed E-state index contributed by atoms with van der Waals surface area (Å²) in [5.41, 5.74) is 1.93. The third kappa shape index (κ3) is 4.74. The number of esters is 1. The molecule has 0 aliphatic heterocycles. The first-order valence-corrected chi connectivity index (χ1v) is 9.20.